The fourth-order valence-corrected chi connectivity index (χ4v) is 4.09. The summed E-state index contributed by atoms with van der Waals surface area (Å²) >= 11 is 10.8. The van der Waals surface area contributed by atoms with Crippen molar-refractivity contribution in [1.82, 2.24) is 15.3 Å². The highest BCUT2D eigenvalue weighted by molar-refractivity contribution is 7.92. The first-order chi connectivity index (χ1) is 17.0. The maximum Gasteiger partial charge on any atom is 0.321 e. The van der Waals surface area contributed by atoms with Gasteiger partial charge in [0, 0.05) is 23.4 Å². The Balaban J connectivity index is 1.67. The summed E-state index contributed by atoms with van der Waals surface area (Å²) in [7, 11) is -1.34. The molecule has 16 heteroatoms. The van der Waals surface area contributed by atoms with Crippen LogP contribution in [0.1, 0.15) is 10.4 Å². The number of nitrogens with zero attached hydrogens (tertiary/aromatic N) is 3. The second-order valence-corrected chi connectivity index (χ2v) is 9.24. The fourth-order valence-electron chi connectivity index (χ4n) is 2.70. The number of nitro benzene ring substituents is 1. The fraction of sp³-hybridized carbons (Fsp3) is 0.100. The molecular weight excluding hydrogens is 536 g/mol. The second-order valence-electron chi connectivity index (χ2n) is 6.74. The molecule has 2 aromatic carbocycles. The Morgan fingerprint density at radius 2 is 1.78 bits per heavy atom. The molecule has 3 rings (SSSR count). The lowest BCUT2D eigenvalue weighted by molar-refractivity contribution is -0.384. The average Bonchev–Trinajstić information content (AvgIpc) is 2.83. The molecule has 3 N–H and O–H groups in total. The van der Waals surface area contributed by atoms with Crippen LogP contribution in [-0.4, -0.2) is 48.5 Å². The number of carbonyl (C=O) groups excluding carboxylic acids is 1. The maximum absolute atomic E-state index is 12.7. The van der Waals surface area contributed by atoms with Crippen LogP contribution in [0, 0.1) is 10.1 Å². The van der Waals surface area contributed by atoms with E-state index in [9.17, 15) is 23.3 Å². The van der Waals surface area contributed by atoms with E-state index in [1.165, 1.54) is 56.7 Å². The molecule has 1 amide bonds. The van der Waals surface area contributed by atoms with Gasteiger partial charge >= 0.3 is 6.01 Å². The Bertz CT molecular complexity index is 1410. The van der Waals surface area contributed by atoms with Crippen LogP contribution in [0.3, 0.4) is 0 Å². The summed E-state index contributed by atoms with van der Waals surface area (Å²) in [5, 5.41) is 15.9. The number of halogens is 1. The van der Waals surface area contributed by atoms with Crippen LogP contribution in [0.4, 0.5) is 17.2 Å². The quantitative estimate of drug-likeness (QED) is 0.213. The highest BCUT2D eigenvalue weighted by Crippen LogP contribution is 2.25. The third-order valence-electron chi connectivity index (χ3n) is 4.37. The van der Waals surface area contributed by atoms with Crippen molar-refractivity contribution >= 4 is 62.1 Å². The number of benzene rings is 2. The smallest absolute Gasteiger partial charge is 0.321 e. The second kappa shape index (κ2) is 11.1. The SMILES string of the molecule is COc1cc(NS(=O)(=O)c2ccc(NC(=S)NC(=O)c3ccc(Cl)c([N+](=O)[O-])c3)cc2)nc(OC)n1. The third kappa shape index (κ3) is 6.53. The molecular formula is C20H17ClN6O7S2. The highest BCUT2D eigenvalue weighted by Gasteiger charge is 2.19. The minimum atomic E-state index is -4.03. The van der Waals surface area contributed by atoms with Gasteiger partial charge in [0.25, 0.3) is 21.6 Å². The van der Waals surface area contributed by atoms with Crippen LogP contribution in [0.5, 0.6) is 11.9 Å². The standard InChI is InChI=1S/C20H17ClN6O7S2/c1-33-17-10-16(23-19(24-17)34-2)26-36(31,32)13-6-4-12(5-7-13)22-20(35)25-18(28)11-3-8-14(21)15(9-11)27(29)30/h3-10H,1-2H3,(H,23,24,26)(H2,22,25,28,35). The summed E-state index contributed by atoms with van der Waals surface area (Å²) in [6.07, 6.45) is 0. The minimum Gasteiger partial charge on any atom is -0.481 e. The van der Waals surface area contributed by atoms with E-state index in [-0.39, 0.29) is 38.3 Å². The first-order valence-corrected chi connectivity index (χ1v) is 12.0. The maximum atomic E-state index is 12.7. The third-order valence-corrected chi connectivity index (χ3v) is 6.26. The zero-order valence-corrected chi connectivity index (χ0v) is 20.9. The van der Waals surface area contributed by atoms with Gasteiger partial charge in [0.15, 0.2) is 10.9 Å². The molecule has 0 radical (unpaired) electrons. The van der Waals surface area contributed by atoms with Gasteiger partial charge in [-0.15, -0.1) is 0 Å². The first-order valence-electron chi connectivity index (χ1n) is 9.68. The van der Waals surface area contributed by atoms with Gasteiger partial charge in [-0.1, -0.05) is 11.6 Å². The van der Waals surface area contributed by atoms with Gasteiger partial charge in [-0.2, -0.15) is 9.97 Å². The van der Waals surface area contributed by atoms with Gasteiger partial charge in [-0.05, 0) is 48.6 Å². The molecule has 0 saturated heterocycles. The van der Waals surface area contributed by atoms with Crippen molar-refractivity contribution in [3.05, 3.63) is 69.2 Å². The number of carbonyl (C=O) groups is 1. The van der Waals surface area contributed by atoms with Crippen molar-refractivity contribution in [2.45, 2.75) is 4.90 Å². The van der Waals surface area contributed by atoms with E-state index < -0.39 is 26.5 Å². The molecule has 13 nitrogen and oxygen atoms in total. The monoisotopic (exact) mass is 552 g/mol. The van der Waals surface area contributed by atoms with Gasteiger partial charge in [-0.3, -0.25) is 24.9 Å². The van der Waals surface area contributed by atoms with Gasteiger partial charge < -0.3 is 14.8 Å². The van der Waals surface area contributed by atoms with Crippen molar-refractivity contribution in [3.8, 4) is 11.9 Å². The molecule has 1 heterocycles. The Hall–Kier alpha value is -4.08. The van der Waals surface area contributed by atoms with Crippen LogP contribution >= 0.6 is 23.8 Å². The van der Waals surface area contributed by atoms with Crippen molar-refractivity contribution in [2.75, 3.05) is 24.3 Å². The van der Waals surface area contributed by atoms with Crippen molar-refractivity contribution < 1.29 is 27.6 Å². The minimum absolute atomic E-state index is 0.0271. The normalized spacial score (nSPS) is 10.8. The molecule has 0 bridgehead atoms. The lowest BCUT2D eigenvalue weighted by atomic mass is 10.2. The van der Waals surface area contributed by atoms with E-state index in [4.69, 9.17) is 33.3 Å². The topological polar surface area (TPSA) is 175 Å². The number of hydrogen-bond donors (Lipinski definition) is 3. The Morgan fingerprint density at radius 3 is 2.39 bits per heavy atom. The number of ether oxygens (including phenoxy) is 2. The van der Waals surface area contributed by atoms with Crippen LogP contribution in [0.25, 0.3) is 0 Å². The summed E-state index contributed by atoms with van der Waals surface area (Å²) in [6.45, 7) is 0. The van der Waals surface area contributed by atoms with E-state index >= 15 is 0 Å². The molecule has 1 aromatic heterocycles. The highest BCUT2D eigenvalue weighted by atomic mass is 35.5. The van der Waals surface area contributed by atoms with E-state index in [1.54, 1.807) is 0 Å². The number of aromatic nitrogens is 2. The predicted molar refractivity (Wildman–Crippen MR) is 134 cm³/mol. The molecule has 0 fully saturated rings. The largest absolute Gasteiger partial charge is 0.481 e. The number of amides is 1. The number of nitro groups is 1. The predicted octanol–water partition coefficient (Wildman–Crippen LogP) is 2.98. The number of methoxy groups -OCH3 is 2. The van der Waals surface area contributed by atoms with Gasteiger partial charge in [0.05, 0.1) is 24.0 Å². The Morgan fingerprint density at radius 1 is 1.08 bits per heavy atom. The van der Waals surface area contributed by atoms with E-state index in [2.05, 4.69) is 25.3 Å². The number of sulfonamides is 1. The summed E-state index contributed by atoms with van der Waals surface area (Å²) in [5.74, 6) is -0.665. The lowest BCUT2D eigenvalue weighted by Gasteiger charge is -2.12. The van der Waals surface area contributed by atoms with Crippen LogP contribution in [-0.2, 0) is 10.0 Å². The molecule has 188 valence electrons. The molecule has 3 aromatic rings. The summed E-state index contributed by atoms with van der Waals surface area (Å²) < 4.78 is 37.7. The number of hydrogen-bond acceptors (Lipinski definition) is 10. The molecule has 0 spiro atoms. The van der Waals surface area contributed by atoms with Crippen LogP contribution < -0.4 is 24.8 Å². The van der Waals surface area contributed by atoms with Gasteiger partial charge in [-0.25, -0.2) is 8.42 Å². The Kier molecular flexibility index (Phi) is 8.18. The van der Waals surface area contributed by atoms with E-state index in [0.29, 0.717) is 5.69 Å². The average molecular weight is 553 g/mol. The Labute approximate surface area is 215 Å². The van der Waals surface area contributed by atoms with Crippen molar-refractivity contribution in [3.63, 3.8) is 0 Å². The molecule has 0 unspecified atom stereocenters. The van der Waals surface area contributed by atoms with Gasteiger partial charge in [0.1, 0.15) is 5.02 Å². The summed E-state index contributed by atoms with van der Waals surface area (Å²) in [5.41, 5.74) is -0.0834. The summed E-state index contributed by atoms with van der Waals surface area (Å²) in [4.78, 5) is 30.4. The lowest BCUT2D eigenvalue weighted by Crippen LogP contribution is -2.34. The molecule has 0 atom stereocenters. The summed E-state index contributed by atoms with van der Waals surface area (Å²) in [6, 6.07) is 10.2. The van der Waals surface area contributed by atoms with Crippen molar-refractivity contribution in [2.24, 2.45) is 0 Å². The molecule has 0 aliphatic rings. The number of anilines is 2. The molecule has 0 saturated carbocycles. The van der Waals surface area contributed by atoms with Gasteiger partial charge in [0.2, 0.25) is 5.88 Å². The molecule has 36 heavy (non-hydrogen) atoms. The van der Waals surface area contributed by atoms with Crippen LogP contribution in [0.15, 0.2) is 53.4 Å². The first kappa shape index (κ1) is 26.5. The van der Waals surface area contributed by atoms with E-state index in [1.807, 2.05) is 0 Å². The van der Waals surface area contributed by atoms with Crippen LogP contribution in [0.2, 0.25) is 5.02 Å². The number of thiocarbonyl (C=S) groups is 1. The number of nitrogens with one attached hydrogen (secondary N) is 3. The van der Waals surface area contributed by atoms with Crippen molar-refractivity contribution in [1.29, 1.82) is 0 Å². The van der Waals surface area contributed by atoms with E-state index in [0.717, 1.165) is 6.07 Å². The number of rotatable bonds is 8. The zero-order valence-electron chi connectivity index (χ0n) is 18.5. The molecule has 0 aliphatic heterocycles. The molecule has 0 aliphatic carbocycles. The zero-order chi connectivity index (χ0) is 26.5.